The fourth-order valence-corrected chi connectivity index (χ4v) is 2.06. The number of hydrogen-bond donors (Lipinski definition) is 1. The van der Waals surface area contributed by atoms with Crippen molar-refractivity contribution in [2.24, 2.45) is 0 Å². The molecule has 0 radical (unpaired) electrons. The molecule has 0 saturated heterocycles. The summed E-state index contributed by atoms with van der Waals surface area (Å²) in [5.74, 6) is 0.646. The quantitative estimate of drug-likeness (QED) is 0.671. The molecule has 0 aliphatic rings. The molecular formula is C14H17N5O2. The summed E-state index contributed by atoms with van der Waals surface area (Å²) in [6, 6.07) is 8.00. The van der Waals surface area contributed by atoms with Gasteiger partial charge < -0.3 is 10.2 Å². The molecule has 21 heavy (non-hydrogen) atoms. The van der Waals surface area contributed by atoms with Crippen molar-refractivity contribution in [2.75, 3.05) is 24.3 Å². The van der Waals surface area contributed by atoms with Crippen molar-refractivity contribution in [3.05, 3.63) is 51.7 Å². The monoisotopic (exact) mass is 287 g/mol. The van der Waals surface area contributed by atoms with Crippen LogP contribution in [-0.4, -0.2) is 29.0 Å². The summed E-state index contributed by atoms with van der Waals surface area (Å²) in [6.07, 6.45) is 1.22. The van der Waals surface area contributed by atoms with Crippen LogP contribution >= 0.6 is 0 Å². The third-order valence-electron chi connectivity index (χ3n) is 3.03. The van der Waals surface area contributed by atoms with E-state index in [1.54, 1.807) is 19.0 Å². The summed E-state index contributed by atoms with van der Waals surface area (Å²) in [5.41, 5.74) is 2.11. The Bertz CT molecular complexity index is 660. The zero-order valence-electron chi connectivity index (χ0n) is 12.2. The lowest BCUT2D eigenvalue weighted by molar-refractivity contribution is -0.384. The van der Waals surface area contributed by atoms with Crippen LogP contribution in [0.25, 0.3) is 0 Å². The maximum atomic E-state index is 11.1. The Kier molecular flexibility index (Phi) is 4.32. The van der Waals surface area contributed by atoms with Crippen molar-refractivity contribution in [3.63, 3.8) is 0 Å². The predicted octanol–water partition coefficient (Wildman–Crippen LogP) is 2.37. The number of aryl methyl sites for hydroxylation is 1. The normalized spacial score (nSPS) is 10.2. The van der Waals surface area contributed by atoms with Gasteiger partial charge in [0.2, 0.25) is 11.8 Å². The van der Waals surface area contributed by atoms with E-state index in [2.05, 4.69) is 15.3 Å². The lowest BCUT2D eigenvalue weighted by Crippen LogP contribution is -2.20. The number of hydrogen-bond acceptors (Lipinski definition) is 6. The molecule has 0 amide bonds. The summed E-state index contributed by atoms with van der Waals surface area (Å²) in [4.78, 5) is 20.5. The largest absolute Gasteiger partial charge is 0.357 e. The van der Waals surface area contributed by atoms with Crippen molar-refractivity contribution in [3.8, 4) is 0 Å². The van der Waals surface area contributed by atoms with Crippen LogP contribution in [0, 0.1) is 17.0 Å². The van der Waals surface area contributed by atoms with Crippen molar-refractivity contribution < 1.29 is 4.92 Å². The van der Waals surface area contributed by atoms with Crippen LogP contribution in [0.1, 0.15) is 11.1 Å². The van der Waals surface area contributed by atoms with E-state index >= 15 is 0 Å². The van der Waals surface area contributed by atoms with Gasteiger partial charge in [-0.3, -0.25) is 10.1 Å². The van der Waals surface area contributed by atoms with Gasteiger partial charge in [0.05, 0.1) is 4.92 Å². The molecule has 1 heterocycles. The highest BCUT2D eigenvalue weighted by molar-refractivity contribution is 5.58. The number of nitrogens with zero attached hydrogens (tertiary/aromatic N) is 4. The Morgan fingerprint density at radius 3 is 2.81 bits per heavy atom. The van der Waals surface area contributed by atoms with E-state index < -0.39 is 4.92 Å². The molecule has 1 aromatic carbocycles. The van der Waals surface area contributed by atoms with Crippen molar-refractivity contribution in [2.45, 2.75) is 13.5 Å². The van der Waals surface area contributed by atoms with Crippen LogP contribution in [0.15, 0.2) is 30.5 Å². The van der Waals surface area contributed by atoms with Crippen molar-refractivity contribution in [1.29, 1.82) is 0 Å². The molecular weight excluding hydrogens is 270 g/mol. The van der Waals surface area contributed by atoms with E-state index in [0.717, 1.165) is 11.1 Å². The number of anilines is 2. The standard InChI is InChI=1S/C14H17N5O2/c1-10-5-4-6-11(7-10)9-18(3)13-12(19(20)21)8-16-14(15-2)17-13/h4-8H,9H2,1-3H3,(H,15,16,17). The number of nitrogens with one attached hydrogen (secondary N) is 1. The van der Waals surface area contributed by atoms with E-state index in [1.807, 2.05) is 31.2 Å². The van der Waals surface area contributed by atoms with Gasteiger partial charge in [-0.2, -0.15) is 4.98 Å². The Hall–Kier alpha value is -2.70. The second-order valence-electron chi connectivity index (χ2n) is 4.75. The minimum Gasteiger partial charge on any atom is -0.357 e. The molecule has 1 aromatic heterocycles. The first-order valence-corrected chi connectivity index (χ1v) is 6.47. The molecule has 0 saturated carbocycles. The van der Waals surface area contributed by atoms with Crippen LogP contribution in [0.2, 0.25) is 0 Å². The van der Waals surface area contributed by atoms with Crippen LogP contribution in [0.4, 0.5) is 17.5 Å². The number of nitro groups is 1. The van der Waals surface area contributed by atoms with Gasteiger partial charge in [-0.05, 0) is 12.5 Å². The fraction of sp³-hybridized carbons (Fsp3) is 0.286. The predicted molar refractivity (Wildman–Crippen MR) is 81.5 cm³/mol. The Balaban J connectivity index is 2.33. The Morgan fingerprint density at radius 2 is 2.19 bits per heavy atom. The van der Waals surface area contributed by atoms with Gasteiger partial charge in [-0.15, -0.1) is 0 Å². The summed E-state index contributed by atoms with van der Waals surface area (Å²) in [5, 5.41) is 13.9. The maximum Gasteiger partial charge on any atom is 0.329 e. The molecule has 0 spiro atoms. The van der Waals surface area contributed by atoms with Crippen molar-refractivity contribution >= 4 is 17.5 Å². The minimum absolute atomic E-state index is 0.107. The molecule has 7 heteroatoms. The number of aromatic nitrogens is 2. The van der Waals surface area contributed by atoms with Gasteiger partial charge in [-0.25, -0.2) is 4.98 Å². The molecule has 2 rings (SSSR count). The average molecular weight is 287 g/mol. The second kappa shape index (κ2) is 6.17. The summed E-state index contributed by atoms with van der Waals surface area (Å²) in [6.45, 7) is 2.54. The van der Waals surface area contributed by atoms with E-state index in [1.165, 1.54) is 6.20 Å². The van der Waals surface area contributed by atoms with Crippen LogP contribution < -0.4 is 10.2 Å². The van der Waals surface area contributed by atoms with Crippen LogP contribution in [0.5, 0.6) is 0 Å². The van der Waals surface area contributed by atoms with Crippen LogP contribution in [0.3, 0.4) is 0 Å². The third-order valence-corrected chi connectivity index (χ3v) is 3.03. The number of benzene rings is 1. The third kappa shape index (κ3) is 3.44. The molecule has 0 bridgehead atoms. The molecule has 7 nitrogen and oxygen atoms in total. The highest BCUT2D eigenvalue weighted by Crippen LogP contribution is 2.26. The van der Waals surface area contributed by atoms with E-state index in [-0.39, 0.29) is 5.69 Å². The summed E-state index contributed by atoms with van der Waals surface area (Å²) < 4.78 is 0. The first kappa shape index (κ1) is 14.7. The van der Waals surface area contributed by atoms with Gasteiger partial charge in [0.25, 0.3) is 0 Å². The molecule has 0 aliphatic heterocycles. The van der Waals surface area contributed by atoms with E-state index in [4.69, 9.17) is 0 Å². The second-order valence-corrected chi connectivity index (χ2v) is 4.75. The maximum absolute atomic E-state index is 11.1. The molecule has 0 atom stereocenters. The zero-order chi connectivity index (χ0) is 15.4. The van der Waals surface area contributed by atoms with Gasteiger partial charge >= 0.3 is 5.69 Å². The fourth-order valence-electron chi connectivity index (χ4n) is 2.06. The first-order valence-electron chi connectivity index (χ1n) is 6.47. The minimum atomic E-state index is -0.471. The zero-order valence-corrected chi connectivity index (χ0v) is 12.2. The lowest BCUT2D eigenvalue weighted by Gasteiger charge is -2.18. The molecule has 2 aromatic rings. The van der Waals surface area contributed by atoms with Crippen molar-refractivity contribution in [1.82, 2.24) is 9.97 Å². The molecule has 1 N–H and O–H groups in total. The Labute approximate surface area is 122 Å². The highest BCUT2D eigenvalue weighted by Gasteiger charge is 2.20. The molecule has 0 unspecified atom stereocenters. The number of rotatable bonds is 5. The van der Waals surface area contributed by atoms with Gasteiger partial charge in [0.15, 0.2) is 0 Å². The molecule has 0 fully saturated rings. The highest BCUT2D eigenvalue weighted by atomic mass is 16.6. The molecule has 0 aliphatic carbocycles. The van der Waals surface area contributed by atoms with Gasteiger partial charge in [0, 0.05) is 20.6 Å². The smallest absolute Gasteiger partial charge is 0.329 e. The topological polar surface area (TPSA) is 84.2 Å². The summed E-state index contributed by atoms with van der Waals surface area (Å²) in [7, 11) is 3.45. The summed E-state index contributed by atoms with van der Waals surface area (Å²) >= 11 is 0. The van der Waals surface area contributed by atoms with Gasteiger partial charge in [0.1, 0.15) is 6.20 Å². The first-order chi connectivity index (χ1) is 10.0. The SMILES string of the molecule is CNc1ncc([N+](=O)[O-])c(N(C)Cc2cccc(C)c2)n1. The van der Waals surface area contributed by atoms with E-state index in [9.17, 15) is 10.1 Å². The Morgan fingerprint density at radius 1 is 1.43 bits per heavy atom. The molecule has 110 valence electrons. The van der Waals surface area contributed by atoms with Crippen LogP contribution in [-0.2, 0) is 6.54 Å². The lowest BCUT2D eigenvalue weighted by atomic mass is 10.1. The average Bonchev–Trinajstić information content (AvgIpc) is 2.46. The van der Waals surface area contributed by atoms with Gasteiger partial charge in [-0.1, -0.05) is 29.8 Å². The van der Waals surface area contributed by atoms with E-state index in [0.29, 0.717) is 18.3 Å².